The molecule has 0 aliphatic carbocycles. The van der Waals surface area contributed by atoms with E-state index in [1.54, 1.807) is 0 Å². The van der Waals surface area contributed by atoms with E-state index < -0.39 is 38.3 Å². The highest BCUT2D eigenvalue weighted by Crippen LogP contribution is 2.27. The van der Waals surface area contributed by atoms with Crippen molar-refractivity contribution in [3.8, 4) is 0 Å². The summed E-state index contributed by atoms with van der Waals surface area (Å²) in [7, 11) is -3.09. The van der Waals surface area contributed by atoms with Crippen molar-refractivity contribution >= 4 is 21.4 Å². The molecule has 0 saturated carbocycles. The van der Waals surface area contributed by atoms with Gasteiger partial charge >= 0.3 is 6.18 Å². The molecule has 0 radical (unpaired) electrons. The van der Waals surface area contributed by atoms with Crippen LogP contribution in [0.1, 0.15) is 0 Å². The molecule has 0 saturated heterocycles. The third-order valence-corrected chi connectivity index (χ3v) is 3.61. The zero-order chi connectivity index (χ0) is 15.6. The molecule has 0 bridgehead atoms. The van der Waals surface area contributed by atoms with Crippen LogP contribution in [0.15, 0.2) is 23.1 Å². The Morgan fingerprint density at radius 3 is 2.40 bits per heavy atom. The van der Waals surface area contributed by atoms with E-state index in [0.29, 0.717) is 6.07 Å². The van der Waals surface area contributed by atoms with Gasteiger partial charge in [-0.1, -0.05) is 0 Å². The summed E-state index contributed by atoms with van der Waals surface area (Å²) in [6.45, 7) is -1.75. The highest BCUT2D eigenvalue weighted by Gasteiger charge is 2.30. The Morgan fingerprint density at radius 2 is 1.95 bits per heavy atom. The molecule has 11 heteroatoms. The first-order chi connectivity index (χ1) is 9.07. The van der Waals surface area contributed by atoms with E-state index in [-0.39, 0.29) is 5.69 Å². The summed E-state index contributed by atoms with van der Waals surface area (Å²) in [5.41, 5.74) is -0.507. The van der Waals surface area contributed by atoms with Crippen LogP contribution in [-0.4, -0.2) is 33.1 Å². The second kappa shape index (κ2) is 5.63. The minimum absolute atomic E-state index is 0.0461. The van der Waals surface area contributed by atoms with Crippen molar-refractivity contribution in [2.75, 3.05) is 18.9 Å². The van der Waals surface area contributed by atoms with Crippen molar-refractivity contribution in [1.82, 2.24) is 4.72 Å². The summed E-state index contributed by atoms with van der Waals surface area (Å²) in [4.78, 5) is 9.29. The Hall–Kier alpha value is -1.88. The fourth-order valence-corrected chi connectivity index (χ4v) is 2.34. The molecule has 0 spiro atoms. The van der Waals surface area contributed by atoms with Gasteiger partial charge in [0.15, 0.2) is 0 Å². The minimum atomic E-state index is -4.72. The molecule has 20 heavy (non-hydrogen) atoms. The van der Waals surface area contributed by atoms with Gasteiger partial charge in [-0.3, -0.25) is 10.1 Å². The molecule has 7 nitrogen and oxygen atoms in total. The molecule has 0 aliphatic heterocycles. The number of benzene rings is 1. The van der Waals surface area contributed by atoms with Crippen LogP contribution >= 0.6 is 0 Å². The Morgan fingerprint density at radius 1 is 1.35 bits per heavy atom. The molecule has 0 amide bonds. The van der Waals surface area contributed by atoms with Gasteiger partial charge in [-0.15, -0.1) is 0 Å². The van der Waals surface area contributed by atoms with E-state index in [1.165, 1.54) is 11.8 Å². The summed E-state index contributed by atoms with van der Waals surface area (Å²) in [6, 6.07) is 2.75. The average Bonchev–Trinajstić information content (AvgIpc) is 2.35. The first kappa shape index (κ1) is 16.2. The summed E-state index contributed by atoms with van der Waals surface area (Å²) in [5.74, 6) is 0. The van der Waals surface area contributed by atoms with Gasteiger partial charge in [0.1, 0.15) is 12.2 Å². The molecule has 0 fully saturated rings. The molecule has 0 aromatic heterocycles. The lowest BCUT2D eigenvalue weighted by molar-refractivity contribution is -0.384. The Kier molecular flexibility index (Phi) is 4.55. The predicted molar refractivity (Wildman–Crippen MR) is 63.9 cm³/mol. The molecule has 0 atom stereocenters. The molecular formula is C9H10F3N3O4S. The van der Waals surface area contributed by atoms with Crippen LogP contribution in [-0.2, 0) is 10.0 Å². The third kappa shape index (κ3) is 4.06. The smallest absolute Gasteiger partial charge is 0.383 e. The van der Waals surface area contributed by atoms with Crippen LogP contribution in [0, 0.1) is 10.1 Å². The Labute approximate surface area is 112 Å². The summed E-state index contributed by atoms with van der Waals surface area (Å²) >= 11 is 0. The van der Waals surface area contributed by atoms with Crippen molar-refractivity contribution in [2.45, 2.75) is 11.1 Å². The van der Waals surface area contributed by atoms with Gasteiger partial charge in [0, 0.05) is 13.1 Å². The molecule has 2 N–H and O–H groups in total. The number of hydrogen-bond donors (Lipinski definition) is 2. The lowest BCUT2D eigenvalue weighted by Gasteiger charge is -2.10. The molecular weight excluding hydrogens is 303 g/mol. The zero-order valence-corrected chi connectivity index (χ0v) is 10.9. The number of anilines is 1. The minimum Gasteiger partial charge on any atom is -0.383 e. The quantitative estimate of drug-likeness (QED) is 0.633. The van der Waals surface area contributed by atoms with Crippen LogP contribution in [0.3, 0.4) is 0 Å². The van der Waals surface area contributed by atoms with Gasteiger partial charge in [-0.25, -0.2) is 13.1 Å². The zero-order valence-electron chi connectivity index (χ0n) is 10.1. The van der Waals surface area contributed by atoms with Crippen molar-refractivity contribution < 1.29 is 26.5 Å². The summed E-state index contributed by atoms with van der Waals surface area (Å²) in [6.07, 6.45) is -4.72. The molecule has 0 aliphatic rings. The topological polar surface area (TPSA) is 101 Å². The van der Waals surface area contributed by atoms with Gasteiger partial charge in [0.05, 0.1) is 9.82 Å². The monoisotopic (exact) mass is 313 g/mol. The molecule has 0 unspecified atom stereocenters. The van der Waals surface area contributed by atoms with Crippen molar-refractivity contribution in [3.63, 3.8) is 0 Å². The first-order valence-electron chi connectivity index (χ1n) is 5.09. The number of nitrogens with one attached hydrogen (secondary N) is 2. The third-order valence-electron chi connectivity index (χ3n) is 2.21. The number of rotatable bonds is 5. The van der Waals surface area contributed by atoms with Gasteiger partial charge < -0.3 is 5.32 Å². The van der Waals surface area contributed by atoms with Crippen LogP contribution in [0.25, 0.3) is 0 Å². The molecule has 112 valence electrons. The van der Waals surface area contributed by atoms with E-state index in [4.69, 9.17) is 0 Å². The Bertz CT molecular complexity index is 615. The normalized spacial score (nSPS) is 12.2. The number of hydrogen-bond acceptors (Lipinski definition) is 5. The fraction of sp³-hybridized carbons (Fsp3) is 0.333. The maximum Gasteiger partial charge on any atom is 0.402 e. The molecule has 1 rings (SSSR count). The first-order valence-corrected chi connectivity index (χ1v) is 6.58. The SMILES string of the molecule is CNc1ccc(S(=O)(=O)NCC(F)(F)F)cc1[N+](=O)[O-]. The fourth-order valence-electron chi connectivity index (χ4n) is 1.30. The highest BCUT2D eigenvalue weighted by atomic mass is 32.2. The number of nitro groups is 1. The summed E-state index contributed by atoms with van der Waals surface area (Å²) in [5, 5.41) is 13.2. The number of sulfonamides is 1. The van der Waals surface area contributed by atoms with Crippen LogP contribution in [0.4, 0.5) is 24.5 Å². The number of alkyl halides is 3. The van der Waals surface area contributed by atoms with Gasteiger partial charge in [0.25, 0.3) is 5.69 Å². The summed E-state index contributed by atoms with van der Waals surface area (Å²) < 4.78 is 60.5. The van der Waals surface area contributed by atoms with Gasteiger partial charge in [0.2, 0.25) is 10.0 Å². The average molecular weight is 313 g/mol. The maximum atomic E-state index is 12.0. The predicted octanol–water partition coefficient (Wildman–Crippen LogP) is 1.48. The van der Waals surface area contributed by atoms with E-state index in [1.807, 2.05) is 0 Å². The maximum absolute atomic E-state index is 12.0. The Balaban J connectivity index is 3.13. The largest absolute Gasteiger partial charge is 0.402 e. The number of nitro benzene ring substituents is 1. The standard InChI is InChI=1S/C9H10F3N3O4S/c1-13-7-3-2-6(4-8(7)15(16)17)20(18,19)14-5-9(10,11)12/h2-4,13-14H,5H2,1H3. The van der Waals surface area contributed by atoms with Gasteiger partial charge in [-0.2, -0.15) is 13.2 Å². The molecule has 0 heterocycles. The highest BCUT2D eigenvalue weighted by molar-refractivity contribution is 7.89. The lowest BCUT2D eigenvalue weighted by Crippen LogP contribution is -2.33. The van der Waals surface area contributed by atoms with Crippen molar-refractivity contribution in [3.05, 3.63) is 28.3 Å². The number of nitrogens with zero attached hydrogens (tertiary/aromatic N) is 1. The van der Waals surface area contributed by atoms with Crippen LogP contribution in [0.5, 0.6) is 0 Å². The number of halogens is 3. The van der Waals surface area contributed by atoms with E-state index in [2.05, 4.69) is 5.32 Å². The van der Waals surface area contributed by atoms with E-state index >= 15 is 0 Å². The second-order valence-electron chi connectivity index (χ2n) is 3.63. The molecule has 1 aromatic carbocycles. The van der Waals surface area contributed by atoms with Gasteiger partial charge in [-0.05, 0) is 12.1 Å². The van der Waals surface area contributed by atoms with E-state index in [9.17, 15) is 31.7 Å². The van der Waals surface area contributed by atoms with E-state index in [0.717, 1.165) is 12.1 Å². The van der Waals surface area contributed by atoms with Crippen LogP contribution < -0.4 is 10.0 Å². The molecule has 1 aromatic rings. The van der Waals surface area contributed by atoms with Crippen molar-refractivity contribution in [2.24, 2.45) is 0 Å². The second-order valence-corrected chi connectivity index (χ2v) is 5.39. The van der Waals surface area contributed by atoms with Crippen molar-refractivity contribution in [1.29, 1.82) is 0 Å². The lowest BCUT2D eigenvalue weighted by atomic mass is 10.3. The van der Waals surface area contributed by atoms with Crippen LogP contribution in [0.2, 0.25) is 0 Å².